The van der Waals surface area contributed by atoms with E-state index in [9.17, 15) is 4.79 Å². The number of hydroxylamine groups is 1. The van der Waals surface area contributed by atoms with E-state index in [1.807, 2.05) is 6.07 Å². The maximum absolute atomic E-state index is 11.4. The van der Waals surface area contributed by atoms with Crippen LogP contribution < -0.4 is 10.8 Å². The second-order valence-corrected chi connectivity index (χ2v) is 5.88. The summed E-state index contributed by atoms with van der Waals surface area (Å²) in [5, 5.41) is 12.1. The van der Waals surface area contributed by atoms with Crippen molar-refractivity contribution in [2.75, 3.05) is 13.1 Å². The maximum atomic E-state index is 11.4. The minimum absolute atomic E-state index is 0.468. The third-order valence-electron chi connectivity index (χ3n) is 3.13. The highest BCUT2D eigenvalue weighted by Crippen LogP contribution is 2.27. The molecule has 3 N–H and O–H groups in total. The van der Waals surface area contributed by atoms with Crippen molar-refractivity contribution in [2.45, 2.75) is 19.8 Å². The largest absolute Gasteiger partial charge is 0.313 e. The topological polar surface area (TPSA) is 61.4 Å². The third kappa shape index (κ3) is 4.39. The van der Waals surface area contributed by atoms with E-state index in [0.29, 0.717) is 4.88 Å². The number of hydrogen-bond acceptors (Lipinski definition) is 4. The van der Waals surface area contributed by atoms with Gasteiger partial charge in [-0.3, -0.25) is 10.0 Å². The molecule has 0 atom stereocenters. The van der Waals surface area contributed by atoms with Gasteiger partial charge >= 0.3 is 0 Å². The van der Waals surface area contributed by atoms with Crippen LogP contribution in [-0.2, 0) is 0 Å². The van der Waals surface area contributed by atoms with Gasteiger partial charge in [0.2, 0.25) is 0 Å². The Bertz CT molecular complexity index is 585. The van der Waals surface area contributed by atoms with E-state index in [0.717, 1.165) is 36.4 Å². The summed E-state index contributed by atoms with van der Waals surface area (Å²) >= 11 is 1.37. The van der Waals surface area contributed by atoms with E-state index in [-0.39, 0.29) is 0 Å². The number of hydrogen-bond donors (Lipinski definition) is 3. The van der Waals surface area contributed by atoms with Gasteiger partial charge in [0, 0.05) is 11.4 Å². The molecule has 5 heteroatoms. The van der Waals surface area contributed by atoms with Gasteiger partial charge in [-0.25, -0.2) is 5.48 Å². The molecule has 0 fully saturated rings. The summed E-state index contributed by atoms with van der Waals surface area (Å²) in [4.78, 5) is 12.9. The van der Waals surface area contributed by atoms with Crippen LogP contribution in [0.15, 0.2) is 42.0 Å². The first-order valence-corrected chi connectivity index (χ1v) is 7.89. The number of nitrogens with one attached hydrogen (secondary N) is 2. The summed E-state index contributed by atoms with van der Waals surface area (Å²) in [7, 11) is 0. The molecule has 1 aromatic rings. The van der Waals surface area contributed by atoms with Crippen LogP contribution in [0.3, 0.4) is 0 Å². The highest BCUT2D eigenvalue weighted by Gasteiger charge is 2.10. The highest BCUT2D eigenvalue weighted by molar-refractivity contribution is 7.15. The number of carbonyl (C=O) groups is 1. The average Bonchev–Trinajstić information content (AvgIpc) is 2.87. The van der Waals surface area contributed by atoms with Gasteiger partial charge in [0.15, 0.2) is 0 Å². The lowest BCUT2D eigenvalue weighted by Gasteiger charge is -2.05. The van der Waals surface area contributed by atoms with Crippen LogP contribution >= 0.6 is 11.3 Å². The Morgan fingerprint density at radius 1 is 1.43 bits per heavy atom. The van der Waals surface area contributed by atoms with Crippen molar-refractivity contribution in [1.29, 1.82) is 0 Å². The van der Waals surface area contributed by atoms with E-state index in [1.165, 1.54) is 16.9 Å². The fourth-order valence-electron chi connectivity index (χ4n) is 2.08. The van der Waals surface area contributed by atoms with E-state index >= 15 is 0 Å². The van der Waals surface area contributed by atoms with Crippen molar-refractivity contribution in [1.82, 2.24) is 10.8 Å². The molecule has 0 spiro atoms. The molecule has 0 aliphatic heterocycles. The molecule has 1 aliphatic rings. The van der Waals surface area contributed by atoms with Gasteiger partial charge in [0.05, 0.1) is 4.88 Å². The van der Waals surface area contributed by atoms with Crippen LogP contribution in [0.1, 0.15) is 34.3 Å². The second kappa shape index (κ2) is 7.93. The predicted octanol–water partition coefficient (Wildman–Crippen LogP) is 3.14. The molecule has 1 heterocycles. The quantitative estimate of drug-likeness (QED) is 0.430. The molecule has 1 amide bonds. The number of carbonyl (C=O) groups excluding carboxylic acids is 1. The van der Waals surface area contributed by atoms with Gasteiger partial charge < -0.3 is 5.32 Å². The highest BCUT2D eigenvalue weighted by atomic mass is 32.1. The van der Waals surface area contributed by atoms with Crippen molar-refractivity contribution in [2.24, 2.45) is 0 Å². The lowest BCUT2D eigenvalue weighted by atomic mass is 10.1. The summed E-state index contributed by atoms with van der Waals surface area (Å²) in [6.07, 6.45) is 10.6. The number of allylic oxidation sites excluding steroid dienone is 4. The molecule has 21 heavy (non-hydrogen) atoms. The fraction of sp³-hybridized carbons (Fsp3) is 0.312. The second-order valence-electron chi connectivity index (χ2n) is 4.80. The van der Waals surface area contributed by atoms with Gasteiger partial charge in [-0.15, -0.1) is 11.3 Å². The first kappa shape index (κ1) is 15.7. The Labute approximate surface area is 128 Å². The Kier molecular flexibility index (Phi) is 5.92. The SMILES string of the molecule is CCCNCC1=CCC=CC(c2ccc(C(=O)NO)s2)=C1. The lowest BCUT2D eigenvalue weighted by molar-refractivity contribution is 0.0711. The first-order valence-electron chi connectivity index (χ1n) is 7.07. The summed E-state index contributed by atoms with van der Waals surface area (Å²) in [6, 6.07) is 3.64. The van der Waals surface area contributed by atoms with E-state index in [2.05, 4.69) is 36.5 Å². The van der Waals surface area contributed by atoms with Gasteiger partial charge in [0.1, 0.15) is 0 Å². The van der Waals surface area contributed by atoms with Gasteiger partial charge in [0.25, 0.3) is 5.91 Å². The molecule has 0 radical (unpaired) electrons. The van der Waals surface area contributed by atoms with E-state index < -0.39 is 5.91 Å². The van der Waals surface area contributed by atoms with Crippen molar-refractivity contribution in [3.8, 4) is 0 Å². The van der Waals surface area contributed by atoms with Crippen molar-refractivity contribution >= 4 is 22.8 Å². The number of thiophene rings is 1. The maximum Gasteiger partial charge on any atom is 0.284 e. The number of amides is 1. The summed E-state index contributed by atoms with van der Waals surface area (Å²) in [6.45, 7) is 4.01. The predicted molar refractivity (Wildman–Crippen MR) is 86.5 cm³/mol. The molecular formula is C16H20N2O2S. The van der Waals surface area contributed by atoms with Crippen LogP contribution in [0.2, 0.25) is 0 Å². The third-order valence-corrected chi connectivity index (χ3v) is 4.26. The summed E-state index contributed by atoms with van der Waals surface area (Å²) < 4.78 is 0. The van der Waals surface area contributed by atoms with Gasteiger partial charge in [-0.05, 0) is 48.7 Å². The molecule has 0 bridgehead atoms. The van der Waals surface area contributed by atoms with Crippen LogP contribution in [0.5, 0.6) is 0 Å². The van der Waals surface area contributed by atoms with Crippen LogP contribution in [0.25, 0.3) is 5.57 Å². The number of rotatable bonds is 6. The van der Waals surface area contributed by atoms with Crippen molar-refractivity contribution in [3.63, 3.8) is 0 Å². The molecule has 0 saturated heterocycles. The normalized spacial score (nSPS) is 14.4. The first-order chi connectivity index (χ1) is 10.2. The van der Waals surface area contributed by atoms with Crippen LogP contribution in [0, 0.1) is 0 Å². The fourth-order valence-corrected chi connectivity index (χ4v) is 2.97. The molecule has 112 valence electrons. The molecule has 0 aromatic carbocycles. The molecule has 0 unspecified atom stereocenters. The standard InChI is InChI=1S/C16H20N2O2S/c1-2-9-17-11-12-5-3-4-6-13(10-12)14-7-8-15(21-14)16(19)18-20/h4-8,10,17,20H,2-3,9,11H2,1H3,(H,18,19). The van der Waals surface area contributed by atoms with Crippen molar-refractivity contribution in [3.05, 3.63) is 51.8 Å². The molecular weight excluding hydrogens is 284 g/mol. The monoisotopic (exact) mass is 304 g/mol. The van der Waals surface area contributed by atoms with Gasteiger partial charge in [-0.1, -0.05) is 25.2 Å². The van der Waals surface area contributed by atoms with Crippen LogP contribution in [-0.4, -0.2) is 24.2 Å². The lowest BCUT2D eigenvalue weighted by Crippen LogP contribution is -2.17. The smallest absolute Gasteiger partial charge is 0.284 e. The average molecular weight is 304 g/mol. The zero-order chi connectivity index (χ0) is 15.1. The summed E-state index contributed by atoms with van der Waals surface area (Å²) in [5.74, 6) is -0.468. The molecule has 1 aliphatic carbocycles. The molecule has 4 nitrogen and oxygen atoms in total. The Morgan fingerprint density at radius 3 is 3.05 bits per heavy atom. The minimum Gasteiger partial charge on any atom is -0.313 e. The molecule has 2 rings (SSSR count). The minimum atomic E-state index is -0.468. The van der Waals surface area contributed by atoms with E-state index in [4.69, 9.17) is 5.21 Å². The zero-order valence-corrected chi connectivity index (χ0v) is 12.9. The Morgan fingerprint density at radius 2 is 2.29 bits per heavy atom. The van der Waals surface area contributed by atoms with Crippen LogP contribution in [0.4, 0.5) is 0 Å². The zero-order valence-electron chi connectivity index (χ0n) is 12.1. The van der Waals surface area contributed by atoms with E-state index in [1.54, 1.807) is 11.5 Å². The summed E-state index contributed by atoms with van der Waals surface area (Å²) in [5.41, 5.74) is 4.02. The Hall–Kier alpha value is -1.69. The van der Waals surface area contributed by atoms with Gasteiger partial charge in [-0.2, -0.15) is 0 Å². The van der Waals surface area contributed by atoms with Crippen molar-refractivity contribution < 1.29 is 10.0 Å². The molecule has 1 aromatic heterocycles. The Balaban J connectivity index is 2.15. The molecule has 0 saturated carbocycles.